The molecule has 4 aromatic rings. The van der Waals surface area contributed by atoms with Crippen LogP contribution < -0.4 is 5.32 Å². The third-order valence-corrected chi connectivity index (χ3v) is 6.83. The number of hydrogen-bond acceptors (Lipinski definition) is 3. The molecule has 0 aliphatic carbocycles. The average Bonchev–Trinajstić information content (AvgIpc) is 2.95. The summed E-state index contributed by atoms with van der Waals surface area (Å²) in [5.41, 5.74) is 4.09. The summed E-state index contributed by atoms with van der Waals surface area (Å²) in [4.78, 5) is 28.5. The van der Waals surface area contributed by atoms with Crippen LogP contribution in [0, 0.1) is 5.92 Å². The number of rotatable bonds is 9. The van der Waals surface area contributed by atoms with Gasteiger partial charge < -0.3 is 15.0 Å². The van der Waals surface area contributed by atoms with Gasteiger partial charge in [0.05, 0.1) is 18.0 Å². The zero-order chi connectivity index (χ0) is 25.5. The normalized spacial score (nSPS) is 17.5. The summed E-state index contributed by atoms with van der Waals surface area (Å²) in [6.45, 7) is 0.692. The fourth-order valence-corrected chi connectivity index (χ4v) is 5.01. The van der Waals surface area contributed by atoms with Crippen LogP contribution in [0.4, 0.5) is 4.79 Å². The van der Waals surface area contributed by atoms with E-state index < -0.39 is 18.1 Å². The van der Waals surface area contributed by atoms with Gasteiger partial charge >= 0.3 is 6.09 Å². The Hall–Kier alpha value is -4.38. The Kier molecular flexibility index (Phi) is 7.60. The standard InChI is InChI=1S/C32H30N2O3/c35-31-29(30(27-19-11-4-12-20-27)34(31)22-25-15-7-2-8-16-25)28(21-24-13-5-1-6-14-24)33-32(36)37-23-26-17-9-3-10-18-26/h1-20,28-30H,21-23H2,(H,33,36)/t28-,29+,30+/m0/s1. The first kappa shape index (κ1) is 24.3. The van der Waals surface area contributed by atoms with Crippen molar-refractivity contribution in [2.45, 2.75) is 31.7 Å². The van der Waals surface area contributed by atoms with Crippen LogP contribution in [-0.4, -0.2) is 22.9 Å². The minimum absolute atomic E-state index is 0.0296. The summed E-state index contributed by atoms with van der Waals surface area (Å²) in [6.07, 6.45) is 0.00566. The Labute approximate surface area is 217 Å². The monoisotopic (exact) mass is 490 g/mol. The van der Waals surface area contributed by atoms with Crippen LogP contribution in [-0.2, 0) is 29.1 Å². The lowest BCUT2D eigenvalue weighted by Crippen LogP contribution is -2.62. The largest absolute Gasteiger partial charge is 0.445 e. The van der Waals surface area contributed by atoms with Crippen molar-refractivity contribution in [3.63, 3.8) is 0 Å². The van der Waals surface area contributed by atoms with Crippen molar-refractivity contribution in [1.29, 1.82) is 0 Å². The van der Waals surface area contributed by atoms with Crippen molar-refractivity contribution >= 4 is 12.0 Å². The number of carbonyl (C=O) groups is 2. The first-order chi connectivity index (χ1) is 18.2. The van der Waals surface area contributed by atoms with Crippen LogP contribution in [0.1, 0.15) is 28.3 Å². The fourth-order valence-electron chi connectivity index (χ4n) is 5.01. The lowest BCUT2D eigenvalue weighted by Gasteiger charge is -2.50. The molecular weight excluding hydrogens is 460 g/mol. The smallest absolute Gasteiger partial charge is 0.407 e. The number of hydrogen-bond donors (Lipinski definition) is 1. The molecule has 1 aliphatic heterocycles. The van der Waals surface area contributed by atoms with E-state index in [0.717, 1.165) is 22.3 Å². The topological polar surface area (TPSA) is 58.6 Å². The maximum atomic E-state index is 13.7. The molecule has 37 heavy (non-hydrogen) atoms. The van der Waals surface area contributed by atoms with E-state index in [9.17, 15) is 9.59 Å². The van der Waals surface area contributed by atoms with Crippen molar-refractivity contribution < 1.29 is 14.3 Å². The minimum Gasteiger partial charge on any atom is -0.445 e. The molecule has 1 N–H and O–H groups in total. The van der Waals surface area contributed by atoms with Gasteiger partial charge in [-0.1, -0.05) is 121 Å². The summed E-state index contributed by atoms with van der Waals surface area (Å²) in [5.74, 6) is -0.377. The van der Waals surface area contributed by atoms with E-state index in [1.807, 2.05) is 114 Å². The number of β-lactam (4-membered cyclic amide) rings is 1. The van der Waals surface area contributed by atoms with Gasteiger partial charge in [-0.2, -0.15) is 0 Å². The second kappa shape index (κ2) is 11.6. The zero-order valence-corrected chi connectivity index (χ0v) is 20.6. The second-order valence-electron chi connectivity index (χ2n) is 9.34. The minimum atomic E-state index is -0.522. The van der Waals surface area contributed by atoms with Gasteiger partial charge in [0.1, 0.15) is 6.61 Å². The van der Waals surface area contributed by atoms with Gasteiger partial charge in [0.15, 0.2) is 0 Å². The van der Waals surface area contributed by atoms with E-state index in [4.69, 9.17) is 4.74 Å². The summed E-state index contributed by atoms with van der Waals surface area (Å²) < 4.78 is 5.54. The highest BCUT2D eigenvalue weighted by Gasteiger charge is 2.52. The molecule has 5 nitrogen and oxygen atoms in total. The quantitative estimate of drug-likeness (QED) is 0.296. The lowest BCUT2D eigenvalue weighted by atomic mass is 9.75. The van der Waals surface area contributed by atoms with Crippen LogP contribution >= 0.6 is 0 Å². The Morgan fingerprint density at radius 2 is 1.24 bits per heavy atom. The van der Waals surface area contributed by atoms with Crippen molar-refractivity contribution in [1.82, 2.24) is 10.2 Å². The van der Waals surface area contributed by atoms with Crippen LogP contribution in [0.2, 0.25) is 0 Å². The summed E-state index contributed by atoms with van der Waals surface area (Å²) in [5, 5.41) is 3.04. The number of nitrogens with zero attached hydrogens (tertiary/aromatic N) is 1. The number of nitrogens with one attached hydrogen (secondary N) is 1. The van der Waals surface area contributed by atoms with E-state index in [1.54, 1.807) is 0 Å². The molecule has 186 valence electrons. The molecule has 0 aromatic heterocycles. The lowest BCUT2D eigenvalue weighted by molar-refractivity contribution is -0.160. The maximum Gasteiger partial charge on any atom is 0.407 e. The van der Waals surface area contributed by atoms with Gasteiger partial charge in [-0.15, -0.1) is 0 Å². The number of ether oxygens (including phenoxy) is 1. The predicted molar refractivity (Wildman–Crippen MR) is 143 cm³/mol. The average molecular weight is 491 g/mol. The second-order valence-corrected chi connectivity index (χ2v) is 9.34. The molecule has 1 fully saturated rings. The van der Waals surface area contributed by atoms with Gasteiger partial charge in [0, 0.05) is 6.54 Å². The Morgan fingerprint density at radius 3 is 1.84 bits per heavy atom. The number of likely N-dealkylation sites (tertiary alicyclic amines) is 1. The van der Waals surface area contributed by atoms with E-state index in [-0.39, 0.29) is 18.6 Å². The SMILES string of the molecule is O=C(N[C@@H](Cc1ccccc1)[C@H]1C(=O)N(Cc2ccccc2)[C@@H]1c1ccccc1)OCc1ccccc1. The number of carbonyl (C=O) groups excluding carboxylic acids is 2. The van der Waals surface area contributed by atoms with Crippen LogP contribution in [0.25, 0.3) is 0 Å². The molecule has 2 amide bonds. The highest BCUT2D eigenvalue weighted by atomic mass is 16.5. The van der Waals surface area contributed by atoms with Crippen molar-refractivity contribution in [2.75, 3.05) is 0 Å². The predicted octanol–water partition coefficient (Wildman–Crippen LogP) is 5.92. The Morgan fingerprint density at radius 1 is 0.730 bits per heavy atom. The molecule has 1 aliphatic rings. The molecule has 0 radical (unpaired) electrons. The molecule has 4 aromatic carbocycles. The summed E-state index contributed by atoms with van der Waals surface area (Å²) in [7, 11) is 0. The molecular formula is C32H30N2O3. The fraction of sp³-hybridized carbons (Fsp3) is 0.188. The number of benzene rings is 4. The summed E-state index contributed by atoms with van der Waals surface area (Å²) >= 11 is 0. The van der Waals surface area contributed by atoms with Gasteiger partial charge in [0.2, 0.25) is 5.91 Å². The number of amides is 2. The molecule has 3 atom stereocenters. The van der Waals surface area contributed by atoms with Crippen LogP contribution in [0.5, 0.6) is 0 Å². The van der Waals surface area contributed by atoms with Gasteiger partial charge in [-0.05, 0) is 28.7 Å². The number of alkyl carbamates (subject to hydrolysis) is 1. The first-order valence-corrected chi connectivity index (χ1v) is 12.6. The van der Waals surface area contributed by atoms with E-state index >= 15 is 0 Å². The molecule has 1 heterocycles. The van der Waals surface area contributed by atoms with Crippen LogP contribution in [0.3, 0.4) is 0 Å². The molecule has 0 saturated carbocycles. The highest BCUT2D eigenvalue weighted by Crippen LogP contribution is 2.43. The van der Waals surface area contributed by atoms with E-state index in [0.29, 0.717) is 13.0 Å². The van der Waals surface area contributed by atoms with Crippen LogP contribution in [0.15, 0.2) is 121 Å². The molecule has 0 spiro atoms. The molecule has 1 saturated heterocycles. The van der Waals surface area contributed by atoms with Gasteiger partial charge in [-0.3, -0.25) is 4.79 Å². The van der Waals surface area contributed by atoms with E-state index in [1.165, 1.54) is 0 Å². The Bertz CT molecular complexity index is 1300. The van der Waals surface area contributed by atoms with Crippen molar-refractivity contribution in [3.8, 4) is 0 Å². The van der Waals surface area contributed by atoms with Crippen molar-refractivity contribution in [3.05, 3.63) is 144 Å². The van der Waals surface area contributed by atoms with Gasteiger partial charge in [0.25, 0.3) is 0 Å². The maximum absolute atomic E-state index is 13.7. The zero-order valence-electron chi connectivity index (χ0n) is 20.6. The third kappa shape index (κ3) is 5.89. The molecule has 5 heteroatoms. The van der Waals surface area contributed by atoms with E-state index in [2.05, 4.69) is 17.4 Å². The molecule has 5 rings (SSSR count). The molecule has 0 unspecified atom stereocenters. The third-order valence-electron chi connectivity index (χ3n) is 6.83. The summed E-state index contributed by atoms with van der Waals surface area (Å²) in [6, 6.07) is 39.0. The van der Waals surface area contributed by atoms with Crippen molar-refractivity contribution in [2.24, 2.45) is 5.92 Å². The molecule has 0 bridgehead atoms. The van der Waals surface area contributed by atoms with Gasteiger partial charge in [-0.25, -0.2) is 4.79 Å². The highest BCUT2D eigenvalue weighted by molar-refractivity contribution is 5.88. The Balaban J connectivity index is 1.39. The first-order valence-electron chi connectivity index (χ1n) is 12.6.